The second kappa shape index (κ2) is 10.1. The average Bonchev–Trinajstić information content (AvgIpc) is 2.80. The van der Waals surface area contributed by atoms with Gasteiger partial charge in [-0.3, -0.25) is 0 Å². The van der Waals surface area contributed by atoms with Crippen molar-refractivity contribution in [2.75, 3.05) is 0 Å². The average molecular weight is 542 g/mol. The van der Waals surface area contributed by atoms with Crippen molar-refractivity contribution in [3.05, 3.63) is 120 Å². The van der Waals surface area contributed by atoms with Crippen LogP contribution in [0.1, 0.15) is 11.1 Å². The Labute approximate surface area is 201 Å². The fraction of sp³-hybridized carbons (Fsp3) is 0.0769. The molecule has 0 atom stereocenters. The molecule has 0 aliphatic carbocycles. The van der Waals surface area contributed by atoms with E-state index in [1.807, 2.05) is 36.4 Å². The molecule has 4 nitrogen and oxygen atoms in total. The molecule has 0 saturated carbocycles. The van der Waals surface area contributed by atoms with Gasteiger partial charge in [-0.05, 0) is 0 Å². The normalized spacial score (nSPS) is 11.9. The van der Waals surface area contributed by atoms with Crippen molar-refractivity contribution in [3.8, 4) is 0 Å². The number of hydrogen-bond donors (Lipinski definition) is 0. The molecule has 0 aliphatic heterocycles. The fourth-order valence-corrected chi connectivity index (χ4v) is 10.2. The van der Waals surface area contributed by atoms with Gasteiger partial charge in [0.15, 0.2) is 0 Å². The van der Waals surface area contributed by atoms with Gasteiger partial charge in [0.1, 0.15) is 0 Å². The summed E-state index contributed by atoms with van der Waals surface area (Å²) in [5, 5.41) is 0. The van der Waals surface area contributed by atoms with Crippen LogP contribution in [0.5, 0.6) is 0 Å². The van der Waals surface area contributed by atoms with Gasteiger partial charge >= 0.3 is 202 Å². The molecule has 7 heteroatoms. The molecule has 0 aromatic heterocycles. The van der Waals surface area contributed by atoms with E-state index in [1.54, 1.807) is 72.8 Å². The Bertz CT molecular complexity index is 1340. The van der Waals surface area contributed by atoms with Gasteiger partial charge in [-0.25, -0.2) is 0 Å². The number of hydrogen-bond acceptors (Lipinski definition) is 4. The first-order valence-corrected chi connectivity index (χ1v) is 15.3. The fourth-order valence-electron chi connectivity index (χ4n) is 3.44. The van der Waals surface area contributed by atoms with E-state index in [1.165, 1.54) is 0 Å². The second-order valence-electron chi connectivity index (χ2n) is 7.48. The summed E-state index contributed by atoms with van der Waals surface area (Å²) in [5.74, 6) is -0.205. The molecule has 4 rings (SSSR count). The van der Waals surface area contributed by atoms with Crippen molar-refractivity contribution < 1.29 is 16.8 Å². The Morgan fingerprint density at radius 2 is 0.788 bits per heavy atom. The Morgan fingerprint density at radius 3 is 1.18 bits per heavy atom. The Kier molecular flexibility index (Phi) is 7.15. The molecule has 0 saturated heterocycles. The summed E-state index contributed by atoms with van der Waals surface area (Å²) < 4.78 is 54.2. The van der Waals surface area contributed by atoms with Crippen molar-refractivity contribution in [3.63, 3.8) is 0 Å². The van der Waals surface area contributed by atoms with E-state index in [0.717, 1.165) is 0 Å². The minimum atomic E-state index is -3.59. The van der Waals surface area contributed by atoms with E-state index < -0.39 is 34.6 Å². The molecule has 4 aromatic carbocycles. The standard InChI is InChI=1S/C26H22O4S2Se/c27-31(28,19-21-11-3-1-4-12-21)23-15-7-9-17-25(23)33-26-18-10-8-16-24(26)32(29,30)20-22-13-5-2-6-14-22/h1-18H,19-20H2. The third kappa shape index (κ3) is 5.81. The van der Waals surface area contributed by atoms with Crippen LogP contribution in [0.25, 0.3) is 0 Å². The summed E-state index contributed by atoms with van der Waals surface area (Å²) in [6, 6.07) is 31.9. The first-order chi connectivity index (χ1) is 15.9. The molecule has 0 bridgehead atoms. The van der Waals surface area contributed by atoms with Crippen LogP contribution in [0.4, 0.5) is 0 Å². The molecule has 0 fully saturated rings. The van der Waals surface area contributed by atoms with Crippen LogP contribution in [-0.2, 0) is 31.2 Å². The molecule has 0 unspecified atom stereocenters. The van der Waals surface area contributed by atoms with Gasteiger partial charge < -0.3 is 0 Å². The minimum absolute atomic E-state index is 0.102. The van der Waals surface area contributed by atoms with Crippen LogP contribution in [0.3, 0.4) is 0 Å². The van der Waals surface area contributed by atoms with E-state index in [2.05, 4.69) is 0 Å². The molecule has 168 valence electrons. The zero-order valence-electron chi connectivity index (χ0n) is 17.7. The van der Waals surface area contributed by atoms with E-state index in [4.69, 9.17) is 0 Å². The summed E-state index contributed by atoms with van der Waals surface area (Å²) in [7, 11) is -7.19. The summed E-state index contributed by atoms with van der Waals surface area (Å²) >= 11 is -0.513. The zero-order valence-corrected chi connectivity index (χ0v) is 21.0. The quantitative estimate of drug-likeness (QED) is 0.321. The monoisotopic (exact) mass is 542 g/mol. The molecule has 0 heterocycles. The van der Waals surface area contributed by atoms with Crippen LogP contribution in [0, 0.1) is 0 Å². The molecule has 0 radical (unpaired) electrons. The maximum absolute atomic E-state index is 13.2. The molecule has 0 amide bonds. The van der Waals surface area contributed by atoms with Crippen molar-refractivity contribution in [1.29, 1.82) is 0 Å². The van der Waals surface area contributed by atoms with Gasteiger partial charge in [0.2, 0.25) is 0 Å². The molecular weight excluding hydrogens is 519 g/mol. The molecule has 0 aliphatic rings. The van der Waals surface area contributed by atoms with Crippen molar-refractivity contribution in [2.45, 2.75) is 21.3 Å². The van der Waals surface area contributed by atoms with Crippen molar-refractivity contribution in [2.24, 2.45) is 0 Å². The van der Waals surface area contributed by atoms with Crippen LogP contribution >= 0.6 is 0 Å². The molecule has 0 N–H and O–H groups in total. The van der Waals surface area contributed by atoms with E-state index in [9.17, 15) is 16.8 Å². The van der Waals surface area contributed by atoms with E-state index in [-0.39, 0.29) is 21.3 Å². The van der Waals surface area contributed by atoms with Gasteiger partial charge in [-0.2, -0.15) is 0 Å². The topological polar surface area (TPSA) is 68.3 Å². The van der Waals surface area contributed by atoms with Gasteiger partial charge in [0.05, 0.1) is 0 Å². The Hall–Kier alpha value is -2.70. The van der Waals surface area contributed by atoms with Gasteiger partial charge in [-0.1, -0.05) is 0 Å². The maximum atomic E-state index is 13.2. The SMILES string of the molecule is O=S(=O)(Cc1ccccc1)c1ccccc1[Se]c1ccccc1S(=O)(=O)Cc1ccccc1. The Morgan fingerprint density at radius 1 is 0.455 bits per heavy atom. The molecule has 0 spiro atoms. The first-order valence-electron chi connectivity index (χ1n) is 10.2. The predicted molar refractivity (Wildman–Crippen MR) is 133 cm³/mol. The summed E-state index contributed by atoms with van der Waals surface area (Å²) in [4.78, 5) is 0.508. The number of sulfone groups is 2. The molecule has 33 heavy (non-hydrogen) atoms. The van der Waals surface area contributed by atoms with Crippen LogP contribution in [0.2, 0.25) is 0 Å². The second-order valence-corrected chi connectivity index (χ2v) is 13.7. The van der Waals surface area contributed by atoms with Gasteiger partial charge in [0.25, 0.3) is 0 Å². The summed E-state index contributed by atoms with van der Waals surface area (Å²) in [5.41, 5.74) is 1.43. The van der Waals surface area contributed by atoms with E-state index >= 15 is 0 Å². The first kappa shape index (κ1) is 23.5. The summed E-state index contributed by atoms with van der Waals surface area (Å²) in [6.07, 6.45) is 0. The summed E-state index contributed by atoms with van der Waals surface area (Å²) in [6.45, 7) is 0. The van der Waals surface area contributed by atoms with Crippen LogP contribution < -0.4 is 8.92 Å². The Balaban J connectivity index is 1.68. The van der Waals surface area contributed by atoms with Crippen molar-refractivity contribution >= 4 is 43.6 Å². The molecular formula is C26H22O4S2Se. The third-order valence-corrected chi connectivity index (χ3v) is 11.5. The van der Waals surface area contributed by atoms with Crippen LogP contribution in [-0.4, -0.2) is 31.8 Å². The van der Waals surface area contributed by atoms with E-state index in [0.29, 0.717) is 20.1 Å². The third-order valence-electron chi connectivity index (χ3n) is 4.99. The van der Waals surface area contributed by atoms with Gasteiger partial charge in [0, 0.05) is 0 Å². The predicted octanol–water partition coefficient (Wildman–Crippen LogP) is 3.29. The van der Waals surface area contributed by atoms with Gasteiger partial charge in [-0.15, -0.1) is 0 Å². The van der Waals surface area contributed by atoms with Crippen molar-refractivity contribution in [1.82, 2.24) is 0 Å². The molecule has 4 aromatic rings. The number of rotatable bonds is 8. The zero-order chi connectivity index (χ0) is 23.3. The number of benzene rings is 4. The van der Waals surface area contributed by atoms with Crippen LogP contribution in [0.15, 0.2) is 119 Å².